The Balaban J connectivity index is 2.24. The standard InChI is InChI=1S/C8H10IN3O/c1-11-7(9)6(5-10-11)8(13)12-3-2-4-12/h5H,2-4H2,1H3. The third kappa shape index (κ3) is 1.45. The van der Waals surface area contributed by atoms with Gasteiger partial charge in [0, 0.05) is 20.1 Å². The number of carbonyl (C=O) groups excluding carboxylic acids is 1. The zero-order valence-electron chi connectivity index (χ0n) is 7.33. The SMILES string of the molecule is Cn1ncc(C(=O)N2CCC2)c1I. The Morgan fingerprint density at radius 2 is 2.31 bits per heavy atom. The lowest BCUT2D eigenvalue weighted by Gasteiger charge is -2.30. The molecule has 2 heterocycles. The minimum atomic E-state index is 0.115. The molecule has 70 valence electrons. The van der Waals surface area contributed by atoms with Crippen molar-refractivity contribution in [2.24, 2.45) is 7.05 Å². The van der Waals surface area contributed by atoms with Crippen molar-refractivity contribution in [1.29, 1.82) is 0 Å². The van der Waals surface area contributed by atoms with Gasteiger partial charge in [-0.1, -0.05) is 0 Å². The molecule has 0 aromatic carbocycles. The van der Waals surface area contributed by atoms with E-state index in [1.165, 1.54) is 0 Å². The van der Waals surface area contributed by atoms with Crippen molar-refractivity contribution in [3.63, 3.8) is 0 Å². The first-order valence-electron chi connectivity index (χ1n) is 4.17. The van der Waals surface area contributed by atoms with Crippen LogP contribution in [0.4, 0.5) is 0 Å². The molecule has 1 aromatic rings. The summed E-state index contributed by atoms with van der Waals surface area (Å²) in [6, 6.07) is 0. The summed E-state index contributed by atoms with van der Waals surface area (Å²) < 4.78 is 2.63. The highest BCUT2D eigenvalue weighted by molar-refractivity contribution is 14.1. The zero-order valence-corrected chi connectivity index (χ0v) is 9.48. The van der Waals surface area contributed by atoms with Crippen LogP contribution in [0.3, 0.4) is 0 Å². The molecule has 0 N–H and O–H groups in total. The van der Waals surface area contributed by atoms with Gasteiger partial charge in [-0.25, -0.2) is 0 Å². The highest BCUT2D eigenvalue weighted by atomic mass is 127. The fraction of sp³-hybridized carbons (Fsp3) is 0.500. The molecule has 0 aliphatic carbocycles. The number of carbonyl (C=O) groups is 1. The Bertz CT molecular complexity index is 343. The second kappa shape index (κ2) is 3.28. The van der Waals surface area contributed by atoms with E-state index in [9.17, 15) is 4.79 Å². The number of halogens is 1. The van der Waals surface area contributed by atoms with Crippen LogP contribution in [0, 0.1) is 3.70 Å². The van der Waals surface area contributed by atoms with Gasteiger partial charge in [0.15, 0.2) is 0 Å². The molecule has 1 saturated heterocycles. The summed E-state index contributed by atoms with van der Waals surface area (Å²) in [5.74, 6) is 0.115. The normalized spacial score (nSPS) is 15.7. The monoisotopic (exact) mass is 291 g/mol. The fourth-order valence-electron chi connectivity index (χ4n) is 1.26. The van der Waals surface area contributed by atoms with Crippen molar-refractivity contribution < 1.29 is 4.79 Å². The molecular formula is C8H10IN3O. The maximum atomic E-state index is 11.7. The first kappa shape index (κ1) is 8.98. The quantitative estimate of drug-likeness (QED) is 0.720. The molecular weight excluding hydrogens is 281 g/mol. The van der Waals surface area contributed by atoms with E-state index in [1.807, 2.05) is 11.9 Å². The van der Waals surface area contributed by atoms with Gasteiger partial charge in [-0.15, -0.1) is 0 Å². The second-order valence-electron chi connectivity index (χ2n) is 3.12. The number of aryl methyl sites for hydroxylation is 1. The van der Waals surface area contributed by atoms with Gasteiger partial charge in [0.25, 0.3) is 5.91 Å². The van der Waals surface area contributed by atoms with E-state index >= 15 is 0 Å². The fourth-order valence-corrected chi connectivity index (χ4v) is 1.75. The van der Waals surface area contributed by atoms with E-state index < -0.39 is 0 Å². The van der Waals surface area contributed by atoms with Crippen molar-refractivity contribution in [1.82, 2.24) is 14.7 Å². The summed E-state index contributed by atoms with van der Waals surface area (Å²) in [6.45, 7) is 1.79. The van der Waals surface area contributed by atoms with Gasteiger partial charge in [-0.3, -0.25) is 9.48 Å². The molecule has 1 aliphatic rings. The van der Waals surface area contributed by atoms with E-state index in [4.69, 9.17) is 0 Å². The number of nitrogens with zero attached hydrogens (tertiary/aromatic N) is 3. The molecule has 0 radical (unpaired) electrons. The van der Waals surface area contributed by atoms with Crippen LogP contribution < -0.4 is 0 Å². The number of amides is 1. The number of likely N-dealkylation sites (tertiary alicyclic amines) is 1. The molecule has 2 rings (SSSR count). The highest BCUT2D eigenvalue weighted by Crippen LogP contribution is 2.16. The maximum Gasteiger partial charge on any atom is 0.258 e. The van der Waals surface area contributed by atoms with Crippen LogP contribution in [-0.2, 0) is 7.05 Å². The molecule has 1 fully saturated rings. The van der Waals surface area contributed by atoms with Crippen molar-refractivity contribution >= 4 is 28.5 Å². The molecule has 0 unspecified atom stereocenters. The number of aromatic nitrogens is 2. The minimum Gasteiger partial charge on any atom is -0.338 e. The Morgan fingerprint density at radius 3 is 2.69 bits per heavy atom. The van der Waals surface area contributed by atoms with Crippen LogP contribution in [0.1, 0.15) is 16.8 Å². The van der Waals surface area contributed by atoms with E-state index in [0.29, 0.717) is 0 Å². The Morgan fingerprint density at radius 1 is 1.62 bits per heavy atom. The second-order valence-corrected chi connectivity index (χ2v) is 4.14. The Labute approximate surface area is 90.0 Å². The van der Waals surface area contributed by atoms with Gasteiger partial charge >= 0.3 is 0 Å². The van der Waals surface area contributed by atoms with Gasteiger partial charge in [0.1, 0.15) is 3.70 Å². The summed E-state index contributed by atoms with van der Waals surface area (Å²) in [7, 11) is 1.84. The molecule has 0 spiro atoms. The van der Waals surface area contributed by atoms with Crippen LogP contribution in [0.15, 0.2) is 6.20 Å². The van der Waals surface area contributed by atoms with E-state index in [2.05, 4.69) is 27.7 Å². The molecule has 13 heavy (non-hydrogen) atoms. The van der Waals surface area contributed by atoms with E-state index in [1.54, 1.807) is 10.9 Å². The predicted octanol–water partition coefficient (Wildman–Crippen LogP) is 0.871. The first-order chi connectivity index (χ1) is 6.20. The molecule has 0 saturated carbocycles. The molecule has 1 aromatic heterocycles. The van der Waals surface area contributed by atoms with Crippen molar-refractivity contribution in [3.8, 4) is 0 Å². The summed E-state index contributed by atoms with van der Waals surface area (Å²) in [6.07, 6.45) is 2.77. The van der Waals surface area contributed by atoms with Gasteiger partial charge in [0.05, 0.1) is 11.8 Å². The lowest BCUT2D eigenvalue weighted by atomic mass is 10.2. The van der Waals surface area contributed by atoms with Crippen molar-refractivity contribution in [2.45, 2.75) is 6.42 Å². The third-order valence-corrected chi connectivity index (χ3v) is 3.52. The van der Waals surface area contributed by atoms with E-state index in [0.717, 1.165) is 28.8 Å². The van der Waals surface area contributed by atoms with Gasteiger partial charge in [-0.2, -0.15) is 5.10 Å². The average Bonchev–Trinajstić information content (AvgIpc) is 2.29. The molecule has 1 amide bonds. The van der Waals surface area contributed by atoms with Crippen LogP contribution in [0.25, 0.3) is 0 Å². The van der Waals surface area contributed by atoms with E-state index in [-0.39, 0.29) is 5.91 Å². The Kier molecular flexibility index (Phi) is 2.27. The van der Waals surface area contributed by atoms with Crippen LogP contribution in [0.2, 0.25) is 0 Å². The molecule has 4 nitrogen and oxygen atoms in total. The molecule has 1 aliphatic heterocycles. The lowest BCUT2D eigenvalue weighted by molar-refractivity contribution is 0.0650. The largest absolute Gasteiger partial charge is 0.338 e. The zero-order chi connectivity index (χ0) is 9.42. The number of hydrogen-bond acceptors (Lipinski definition) is 2. The topological polar surface area (TPSA) is 38.1 Å². The number of rotatable bonds is 1. The van der Waals surface area contributed by atoms with Gasteiger partial charge < -0.3 is 4.90 Å². The van der Waals surface area contributed by atoms with Gasteiger partial charge in [0.2, 0.25) is 0 Å². The maximum absolute atomic E-state index is 11.7. The van der Waals surface area contributed by atoms with Crippen molar-refractivity contribution in [2.75, 3.05) is 13.1 Å². The first-order valence-corrected chi connectivity index (χ1v) is 5.25. The number of hydrogen-bond donors (Lipinski definition) is 0. The van der Waals surface area contributed by atoms with Crippen LogP contribution in [-0.4, -0.2) is 33.7 Å². The Hall–Kier alpha value is -0.590. The van der Waals surface area contributed by atoms with Crippen LogP contribution >= 0.6 is 22.6 Å². The summed E-state index contributed by atoms with van der Waals surface area (Å²) in [5.41, 5.74) is 0.725. The summed E-state index contributed by atoms with van der Waals surface area (Å²) in [5, 5.41) is 4.04. The van der Waals surface area contributed by atoms with Gasteiger partial charge in [-0.05, 0) is 29.0 Å². The van der Waals surface area contributed by atoms with Crippen molar-refractivity contribution in [3.05, 3.63) is 15.5 Å². The molecule has 5 heteroatoms. The minimum absolute atomic E-state index is 0.115. The summed E-state index contributed by atoms with van der Waals surface area (Å²) in [4.78, 5) is 13.6. The highest BCUT2D eigenvalue weighted by Gasteiger charge is 2.24. The predicted molar refractivity (Wildman–Crippen MR) is 56.4 cm³/mol. The molecule has 0 atom stereocenters. The molecule has 0 bridgehead atoms. The summed E-state index contributed by atoms with van der Waals surface area (Å²) >= 11 is 2.14. The lowest BCUT2D eigenvalue weighted by Crippen LogP contribution is -2.42. The average molecular weight is 291 g/mol. The smallest absolute Gasteiger partial charge is 0.258 e. The van der Waals surface area contributed by atoms with Crippen LogP contribution in [0.5, 0.6) is 0 Å². The third-order valence-electron chi connectivity index (χ3n) is 2.24.